The van der Waals surface area contributed by atoms with Crippen LogP contribution in [-0.4, -0.2) is 5.11 Å². The number of rotatable bonds is 3. The van der Waals surface area contributed by atoms with Crippen molar-refractivity contribution >= 4 is 0 Å². The lowest BCUT2D eigenvalue weighted by Gasteiger charge is -2.38. The molecule has 1 aromatic rings. The Balaban J connectivity index is 2.28. The van der Waals surface area contributed by atoms with E-state index < -0.39 is 23.2 Å². The zero-order valence-electron chi connectivity index (χ0n) is 11.6. The van der Waals surface area contributed by atoms with Crippen molar-refractivity contribution in [2.75, 3.05) is 0 Å². The summed E-state index contributed by atoms with van der Waals surface area (Å²) in [5.74, 6) is -0.706. The van der Waals surface area contributed by atoms with Gasteiger partial charge in [0, 0.05) is 5.56 Å². The number of hydrogen-bond acceptors (Lipinski definition) is 2. The van der Waals surface area contributed by atoms with Crippen molar-refractivity contribution in [1.29, 1.82) is 5.26 Å². The zero-order chi connectivity index (χ0) is 14.8. The molecule has 1 aliphatic carbocycles. The summed E-state index contributed by atoms with van der Waals surface area (Å²) in [6, 6.07) is 5.17. The molecule has 0 spiro atoms. The van der Waals surface area contributed by atoms with Gasteiger partial charge in [-0.2, -0.15) is 5.26 Å². The second kappa shape index (κ2) is 5.88. The Kier molecular flexibility index (Phi) is 4.39. The highest BCUT2D eigenvalue weighted by molar-refractivity contribution is 5.26. The minimum absolute atomic E-state index is 0.110. The van der Waals surface area contributed by atoms with Crippen LogP contribution in [-0.2, 0) is 0 Å². The van der Waals surface area contributed by atoms with E-state index in [0.717, 1.165) is 37.5 Å². The summed E-state index contributed by atoms with van der Waals surface area (Å²) >= 11 is 0. The van der Waals surface area contributed by atoms with Gasteiger partial charge < -0.3 is 5.11 Å². The molecule has 0 aliphatic heterocycles. The standard InChI is InChI=1S/C16H19F2NO/c1-2-11-5-7-16(10-19,8-6-11)15(20)13-9-12(17)3-4-14(13)18/h3-4,9,11,15,20H,2,5-8H2,1H3. The highest BCUT2D eigenvalue weighted by atomic mass is 19.1. The van der Waals surface area contributed by atoms with Gasteiger partial charge in [-0.3, -0.25) is 0 Å². The molecule has 0 aromatic heterocycles. The van der Waals surface area contributed by atoms with Gasteiger partial charge in [0.05, 0.1) is 11.5 Å². The van der Waals surface area contributed by atoms with E-state index in [4.69, 9.17) is 0 Å². The first kappa shape index (κ1) is 14.9. The first-order valence-corrected chi connectivity index (χ1v) is 7.06. The summed E-state index contributed by atoms with van der Waals surface area (Å²) in [7, 11) is 0. The Morgan fingerprint density at radius 3 is 2.60 bits per heavy atom. The minimum atomic E-state index is -1.28. The molecule has 1 unspecified atom stereocenters. The van der Waals surface area contributed by atoms with Crippen molar-refractivity contribution in [3.05, 3.63) is 35.4 Å². The zero-order valence-corrected chi connectivity index (χ0v) is 11.6. The normalized spacial score (nSPS) is 27.9. The van der Waals surface area contributed by atoms with Crippen LogP contribution in [0, 0.1) is 34.3 Å². The Morgan fingerprint density at radius 2 is 2.05 bits per heavy atom. The Hall–Kier alpha value is -1.47. The predicted molar refractivity (Wildman–Crippen MR) is 71.6 cm³/mol. The van der Waals surface area contributed by atoms with Crippen LogP contribution in [0.4, 0.5) is 8.78 Å². The van der Waals surface area contributed by atoms with Crippen molar-refractivity contribution in [1.82, 2.24) is 0 Å². The monoisotopic (exact) mass is 279 g/mol. The molecule has 1 saturated carbocycles. The lowest BCUT2D eigenvalue weighted by atomic mass is 9.66. The molecule has 1 N–H and O–H groups in total. The first-order valence-electron chi connectivity index (χ1n) is 7.06. The third-order valence-corrected chi connectivity index (χ3v) is 4.57. The van der Waals surface area contributed by atoms with E-state index in [1.807, 2.05) is 0 Å². The van der Waals surface area contributed by atoms with E-state index in [1.165, 1.54) is 0 Å². The molecule has 2 nitrogen and oxygen atoms in total. The van der Waals surface area contributed by atoms with E-state index in [2.05, 4.69) is 13.0 Å². The minimum Gasteiger partial charge on any atom is -0.387 e. The second-order valence-electron chi connectivity index (χ2n) is 5.69. The Morgan fingerprint density at radius 1 is 1.40 bits per heavy atom. The smallest absolute Gasteiger partial charge is 0.129 e. The largest absolute Gasteiger partial charge is 0.387 e. The molecule has 1 fully saturated rings. The summed E-state index contributed by atoms with van der Waals surface area (Å²) in [4.78, 5) is 0. The molecule has 1 aromatic carbocycles. The molecule has 4 heteroatoms. The number of nitriles is 1. The molecule has 0 bridgehead atoms. The second-order valence-corrected chi connectivity index (χ2v) is 5.69. The molecule has 0 saturated heterocycles. The fraction of sp³-hybridized carbons (Fsp3) is 0.562. The SMILES string of the molecule is CCC1CCC(C#N)(C(O)c2cc(F)ccc2F)CC1. The average Bonchev–Trinajstić information content (AvgIpc) is 2.49. The van der Waals surface area contributed by atoms with Crippen molar-refractivity contribution in [3.8, 4) is 6.07 Å². The van der Waals surface area contributed by atoms with Gasteiger partial charge in [-0.05, 0) is 49.8 Å². The molecule has 0 heterocycles. The number of benzene rings is 1. The number of aliphatic hydroxyl groups excluding tert-OH is 1. The summed E-state index contributed by atoms with van der Waals surface area (Å²) in [5.41, 5.74) is -1.11. The predicted octanol–water partition coefficient (Wildman–Crippen LogP) is 4.11. The van der Waals surface area contributed by atoms with Crippen LogP contribution < -0.4 is 0 Å². The van der Waals surface area contributed by atoms with Gasteiger partial charge >= 0.3 is 0 Å². The van der Waals surface area contributed by atoms with E-state index >= 15 is 0 Å². The van der Waals surface area contributed by atoms with Gasteiger partial charge in [0.25, 0.3) is 0 Å². The number of hydrogen-bond donors (Lipinski definition) is 1. The quantitative estimate of drug-likeness (QED) is 0.905. The lowest BCUT2D eigenvalue weighted by Crippen LogP contribution is -2.33. The third-order valence-electron chi connectivity index (χ3n) is 4.57. The summed E-state index contributed by atoms with van der Waals surface area (Å²) in [6.45, 7) is 2.10. The van der Waals surface area contributed by atoms with E-state index in [0.29, 0.717) is 18.8 Å². The maximum atomic E-state index is 13.8. The van der Waals surface area contributed by atoms with Crippen LogP contribution in [0.3, 0.4) is 0 Å². The maximum Gasteiger partial charge on any atom is 0.129 e. The van der Waals surface area contributed by atoms with Crippen LogP contribution in [0.5, 0.6) is 0 Å². The van der Waals surface area contributed by atoms with Gasteiger partial charge in [-0.1, -0.05) is 13.3 Å². The molecule has 108 valence electrons. The Labute approximate surface area is 118 Å². The fourth-order valence-corrected chi connectivity index (χ4v) is 3.07. The van der Waals surface area contributed by atoms with Gasteiger partial charge in [0.1, 0.15) is 17.7 Å². The van der Waals surface area contributed by atoms with Crippen LogP contribution in [0.1, 0.15) is 50.7 Å². The molecule has 0 radical (unpaired) electrons. The molecule has 0 amide bonds. The first-order chi connectivity index (χ1) is 9.52. The van der Waals surface area contributed by atoms with E-state index in [1.54, 1.807) is 0 Å². The van der Waals surface area contributed by atoms with Crippen LogP contribution in [0.2, 0.25) is 0 Å². The maximum absolute atomic E-state index is 13.8. The molecule has 2 rings (SSSR count). The number of halogens is 2. The molecular formula is C16H19F2NO. The summed E-state index contributed by atoms with van der Waals surface area (Å²) in [5, 5.41) is 19.9. The van der Waals surface area contributed by atoms with Crippen LogP contribution in [0.25, 0.3) is 0 Å². The lowest BCUT2D eigenvalue weighted by molar-refractivity contribution is 0.0217. The van der Waals surface area contributed by atoms with Crippen molar-refractivity contribution < 1.29 is 13.9 Å². The number of nitrogens with zero attached hydrogens (tertiary/aromatic N) is 1. The number of aliphatic hydroxyl groups is 1. The topological polar surface area (TPSA) is 44.0 Å². The van der Waals surface area contributed by atoms with Crippen LogP contribution in [0.15, 0.2) is 18.2 Å². The highest BCUT2D eigenvalue weighted by Gasteiger charge is 2.43. The van der Waals surface area contributed by atoms with Gasteiger partial charge in [-0.15, -0.1) is 0 Å². The molecule has 20 heavy (non-hydrogen) atoms. The fourth-order valence-electron chi connectivity index (χ4n) is 3.07. The van der Waals surface area contributed by atoms with E-state index in [9.17, 15) is 19.1 Å². The molecular weight excluding hydrogens is 260 g/mol. The van der Waals surface area contributed by atoms with E-state index in [-0.39, 0.29) is 5.56 Å². The van der Waals surface area contributed by atoms with Gasteiger partial charge in [-0.25, -0.2) is 8.78 Å². The van der Waals surface area contributed by atoms with Crippen molar-refractivity contribution in [3.63, 3.8) is 0 Å². The Bertz CT molecular complexity index is 516. The van der Waals surface area contributed by atoms with Crippen molar-refractivity contribution in [2.24, 2.45) is 11.3 Å². The average molecular weight is 279 g/mol. The molecule has 1 aliphatic rings. The van der Waals surface area contributed by atoms with Gasteiger partial charge in [0.15, 0.2) is 0 Å². The summed E-state index contributed by atoms with van der Waals surface area (Å²) in [6.07, 6.45) is 2.52. The van der Waals surface area contributed by atoms with Crippen molar-refractivity contribution in [2.45, 2.75) is 45.1 Å². The highest BCUT2D eigenvalue weighted by Crippen LogP contribution is 2.48. The van der Waals surface area contributed by atoms with Crippen LogP contribution >= 0.6 is 0 Å². The summed E-state index contributed by atoms with van der Waals surface area (Å²) < 4.78 is 27.0. The third kappa shape index (κ3) is 2.69. The molecule has 1 atom stereocenters. The van der Waals surface area contributed by atoms with Gasteiger partial charge in [0.2, 0.25) is 0 Å².